The molecule has 1 saturated heterocycles. The molecule has 1 aromatic carbocycles. The maximum atomic E-state index is 13.6. The van der Waals surface area contributed by atoms with Crippen LogP contribution in [0.2, 0.25) is 0 Å². The van der Waals surface area contributed by atoms with E-state index in [-0.39, 0.29) is 29.0 Å². The van der Waals surface area contributed by atoms with Gasteiger partial charge < -0.3 is 10.1 Å². The molecular formula is C14H18FNO4S. The zero-order chi connectivity index (χ0) is 15.5. The van der Waals surface area contributed by atoms with E-state index < -0.39 is 15.7 Å². The number of ether oxygens (including phenoxy) is 1. The number of hydrogen-bond donors (Lipinski definition) is 1. The van der Waals surface area contributed by atoms with Crippen molar-refractivity contribution in [2.24, 2.45) is 0 Å². The van der Waals surface area contributed by atoms with Crippen LogP contribution in [0.3, 0.4) is 0 Å². The highest BCUT2D eigenvalue weighted by molar-refractivity contribution is 7.90. The van der Waals surface area contributed by atoms with Crippen LogP contribution in [0.5, 0.6) is 0 Å². The van der Waals surface area contributed by atoms with Crippen molar-refractivity contribution in [2.75, 3.05) is 18.2 Å². The first-order valence-corrected chi connectivity index (χ1v) is 8.66. The molecule has 1 aliphatic heterocycles. The molecular weight excluding hydrogens is 297 g/mol. The van der Waals surface area contributed by atoms with Crippen molar-refractivity contribution in [1.82, 2.24) is 0 Å². The van der Waals surface area contributed by atoms with Crippen LogP contribution < -0.4 is 5.32 Å². The van der Waals surface area contributed by atoms with Crippen molar-refractivity contribution >= 4 is 21.4 Å². The van der Waals surface area contributed by atoms with Gasteiger partial charge in [0.25, 0.3) is 0 Å². The highest BCUT2D eigenvalue weighted by Gasteiger charge is 2.18. The van der Waals surface area contributed by atoms with Crippen LogP contribution in [0.25, 0.3) is 0 Å². The molecule has 0 aliphatic carbocycles. The Balaban J connectivity index is 1.99. The van der Waals surface area contributed by atoms with Gasteiger partial charge in [0.2, 0.25) is 5.91 Å². The van der Waals surface area contributed by atoms with Gasteiger partial charge >= 0.3 is 0 Å². The van der Waals surface area contributed by atoms with E-state index in [1.165, 1.54) is 6.07 Å². The fraction of sp³-hybridized carbons (Fsp3) is 0.500. The van der Waals surface area contributed by atoms with E-state index in [1.54, 1.807) is 0 Å². The Hall–Kier alpha value is -1.47. The molecule has 116 valence electrons. The monoisotopic (exact) mass is 315 g/mol. The number of hydrogen-bond acceptors (Lipinski definition) is 4. The SMILES string of the molecule is CS(=O)(=O)c1ccc(F)c(NC(=O)CCC2CCCO2)c1. The zero-order valence-corrected chi connectivity index (χ0v) is 12.6. The highest BCUT2D eigenvalue weighted by Crippen LogP contribution is 2.21. The van der Waals surface area contributed by atoms with Gasteiger partial charge in [-0.15, -0.1) is 0 Å². The Morgan fingerprint density at radius 2 is 2.24 bits per heavy atom. The summed E-state index contributed by atoms with van der Waals surface area (Å²) in [7, 11) is -3.44. The van der Waals surface area contributed by atoms with Gasteiger partial charge in [0.1, 0.15) is 5.82 Å². The number of carbonyl (C=O) groups is 1. The molecule has 1 aromatic rings. The normalized spacial score (nSPS) is 18.7. The second-order valence-electron chi connectivity index (χ2n) is 5.14. The summed E-state index contributed by atoms with van der Waals surface area (Å²) in [4.78, 5) is 11.8. The first-order chi connectivity index (χ1) is 9.86. The molecule has 0 aromatic heterocycles. The van der Waals surface area contributed by atoms with Gasteiger partial charge in [-0.05, 0) is 37.5 Å². The molecule has 1 aliphatic rings. The number of carbonyl (C=O) groups excluding carboxylic acids is 1. The summed E-state index contributed by atoms with van der Waals surface area (Å²) in [6.07, 6.45) is 3.85. The third kappa shape index (κ3) is 4.50. The minimum absolute atomic E-state index is 0.0293. The summed E-state index contributed by atoms with van der Waals surface area (Å²) in [6, 6.07) is 3.34. The Kier molecular flexibility index (Phi) is 4.95. The number of sulfone groups is 1. The molecule has 0 spiro atoms. The summed E-state index contributed by atoms with van der Waals surface area (Å²) < 4.78 is 41.9. The van der Waals surface area contributed by atoms with Crippen molar-refractivity contribution in [3.63, 3.8) is 0 Å². The average Bonchev–Trinajstić information content (AvgIpc) is 2.91. The Morgan fingerprint density at radius 3 is 2.86 bits per heavy atom. The van der Waals surface area contributed by atoms with Crippen molar-refractivity contribution in [1.29, 1.82) is 0 Å². The van der Waals surface area contributed by atoms with Gasteiger partial charge in [0, 0.05) is 19.3 Å². The summed E-state index contributed by atoms with van der Waals surface area (Å²) in [5.74, 6) is -1.01. The van der Waals surface area contributed by atoms with Crippen molar-refractivity contribution < 1.29 is 22.3 Å². The number of halogens is 1. The zero-order valence-electron chi connectivity index (χ0n) is 11.8. The third-order valence-corrected chi connectivity index (χ3v) is 4.47. The lowest BCUT2D eigenvalue weighted by Gasteiger charge is -2.10. The van der Waals surface area contributed by atoms with E-state index in [1.807, 2.05) is 0 Å². The van der Waals surface area contributed by atoms with E-state index >= 15 is 0 Å². The fourth-order valence-electron chi connectivity index (χ4n) is 2.21. The number of benzene rings is 1. The number of anilines is 1. The van der Waals surface area contributed by atoms with Crippen LogP contribution in [-0.4, -0.2) is 33.3 Å². The van der Waals surface area contributed by atoms with E-state index in [4.69, 9.17) is 4.74 Å². The first kappa shape index (κ1) is 15.9. The lowest BCUT2D eigenvalue weighted by Crippen LogP contribution is -2.16. The molecule has 1 heterocycles. The topological polar surface area (TPSA) is 72.5 Å². The minimum Gasteiger partial charge on any atom is -0.378 e. The van der Waals surface area contributed by atoms with E-state index in [2.05, 4.69) is 5.32 Å². The van der Waals surface area contributed by atoms with Gasteiger partial charge in [0.05, 0.1) is 16.7 Å². The second kappa shape index (κ2) is 6.53. The van der Waals surface area contributed by atoms with Gasteiger partial charge in [-0.25, -0.2) is 12.8 Å². The van der Waals surface area contributed by atoms with Crippen LogP contribution in [-0.2, 0) is 19.4 Å². The number of nitrogens with one attached hydrogen (secondary N) is 1. The molecule has 5 nitrogen and oxygen atoms in total. The fourth-order valence-corrected chi connectivity index (χ4v) is 2.85. The van der Waals surface area contributed by atoms with Gasteiger partial charge in [-0.2, -0.15) is 0 Å². The van der Waals surface area contributed by atoms with E-state index in [0.717, 1.165) is 37.8 Å². The predicted molar refractivity (Wildman–Crippen MR) is 76.3 cm³/mol. The molecule has 1 N–H and O–H groups in total. The van der Waals surface area contributed by atoms with Crippen LogP contribution in [0, 0.1) is 5.82 Å². The molecule has 1 unspecified atom stereocenters. The molecule has 2 rings (SSSR count). The predicted octanol–water partition coefficient (Wildman–Crippen LogP) is 2.13. The molecule has 0 bridgehead atoms. The Bertz CT molecular complexity index is 624. The Labute approximate surface area is 123 Å². The van der Waals surface area contributed by atoms with Crippen molar-refractivity contribution in [2.45, 2.75) is 36.7 Å². The minimum atomic E-state index is -3.44. The quantitative estimate of drug-likeness (QED) is 0.845. The summed E-state index contributed by atoms with van der Waals surface area (Å²) in [5.41, 5.74) is -0.115. The van der Waals surface area contributed by atoms with Gasteiger partial charge in [-0.1, -0.05) is 0 Å². The highest BCUT2D eigenvalue weighted by atomic mass is 32.2. The molecule has 1 atom stereocenters. The molecule has 1 amide bonds. The number of amides is 1. The summed E-state index contributed by atoms with van der Waals surface area (Å²) in [5, 5.41) is 2.41. The molecule has 1 fully saturated rings. The van der Waals surface area contributed by atoms with E-state index in [9.17, 15) is 17.6 Å². The third-order valence-electron chi connectivity index (χ3n) is 3.36. The molecule has 21 heavy (non-hydrogen) atoms. The smallest absolute Gasteiger partial charge is 0.224 e. The van der Waals surface area contributed by atoms with E-state index in [0.29, 0.717) is 6.42 Å². The standard InChI is InChI=1S/C14H18FNO4S/c1-21(18,19)11-5-6-12(15)13(9-11)16-14(17)7-4-10-3-2-8-20-10/h5-6,9-10H,2-4,7-8H2,1H3,(H,16,17). The van der Waals surface area contributed by atoms with Gasteiger partial charge in [-0.3, -0.25) is 4.79 Å². The Morgan fingerprint density at radius 1 is 1.48 bits per heavy atom. The maximum absolute atomic E-state index is 13.6. The van der Waals surface area contributed by atoms with Crippen molar-refractivity contribution in [3.8, 4) is 0 Å². The second-order valence-corrected chi connectivity index (χ2v) is 7.15. The van der Waals surface area contributed by atoms with Crippen LogP contribution in [0.4, 0.5) is 10.1 Å². The molecule has 0 saturated carbocycles. The average molecular weight is 315 g/mol. The maximum Gasteiger partial charge on any atom is 0.224 e. The lowest BCUT2D eigenvalue weighted by atomic mass is 10.1. The van der Waals surface area contributed by atoms with Gasteiger partial charge in [0.15, 0.2) is 9.84 Å². The first-order valence-electron chi connectivity index (χ1n) is 6.77. The van der Waals surface area contributed by atoms with Crippen LogP contribution >= 0.6 is 0 Å². The number of rotatable bonds is 5. The van der Waals surface area contributed by atoms with Crippen LogP contribution in [0.1, 0.15) is 25.7 Å². The molecule has 0 radical (unpaired) electrons. The molecule has 7 heteroatoms. The van der Waals surface area contributed by atoms with Crippen LogP contribution in [0.15, 0.2) is 23.1 Å². The lowest BCUT2D eigenvalue weighted by molar-refractivity contribution is -0.116. The summed E-state index contributed by atoms with van der Waals surface area (Å²) >= 11 is 0. The van der Waals surface area contributed by atoms with Crippen molar-refractivity contribution in [3.05, 3.63) is 24.0 Å². The largest absolute Gasteiger partial charge is 0.378 e. The summed E-state index contributed by atoms with van der Waals surface area (Å²) in [6.45, 7) is 0.720.